The molecule has 0 saturated heterocycles. The van der Waals surface area contributed by atoms with Crippen molar-refractivity contribution in [2.45, 2.75) is 30.0 Å². The third-order valence-electron chi connectivity index (χ3n) is 2.82. The number of alkyl halides is 3. The molecular weight excluding hydrogens is 325 g/mol. The maximum absolute atomic E-state index is 12.3. The fraction of sp³-hybridized carbons (Fsp3) is 0.308. The van der Waals surface area contributed by atoms with Crippen LogP contribution in [0.3, 0.4) is 0 Å². The average Bonchev–Trinajstić information content (AvgIpc) is 2.78. The van der Waals surface area contributed by atoms with Gasteiger partial charge in [-0.3, -0.25) is 4.68 Å². The quantitative estimate of drug-likeness (QED) is 0.848. The van der Waals surface area contributed by atoms with Gasteiger partial charge in [0, 0.05) is 11.4 Å². The van der Waals surface area contributed by atoms with Crippen molar-refractivity contribution in [3.8, 4) is 0 Å². The van der Waals surface area contributed by atoms with E-state index in [0.29, 0.717) is 22.8 Å². The van der Waals surface area contributed by atoms with Crippen LogP contribution in [0.15, 0.2) is 35.4 Å². The lowest BCUT2D eigenvalue weighted by Crippen LogP contribution is -2.09. The van der Waals surface area contributed by atoms with Crippen LogP contribution >= 0.6 is 23.4 Å². The van der Waals surface area contributed by atoms with Gasteiger partial charge in [0.1, 0.15) is 6.10 Å². The molecule has 8 heteroatoms. The lowest BCUT2D eigenvalue weighted by atomic mass is 10.1. The molecule has 0 spiro atoms. The molecule has 3 nitrogen and oxygen atoms in total. The zero-order valence-corrected chi connectivity index (χ0v) is 12.5. The summed E-state index contributed by atoms with van der Waals surface area (Å²) in [4.78, 5) is 0.0635. The molecule has 0 aliphatic carbocycles. The largest absolute Gasteiger partial charge is 0.446 e. The van der Waals surface area contributed by atoms with Crippen molar-refractivity contribution in [3.63, 3.8) is 0 Å². The van der Waals surface area contributed by atoms with Gasteiger partial charge in [0.05, 0.1) is 16.9 Å². The zero-order chi connectivity index (χ0) is 15.6. The molecule has 1 heterocycles. The number of aromatic nitrogens is 2. The third kappa shape index (κ3) is 3.93. The Morgan fingerprint density at radius 1 is 1.33 bits per heavy atom. The highest BCUT2D eigenvalue weighted by atomic mass is 35.5. The van der Waals surface area contributed by atoms with E-state index in [1.165, 1.54) is 30.5 Å². The topological polar surface area (TPSA) is 38.0 Å². The summed E-state index contributed by atoms with van der Waals surface area (Å²) in [6.07, 6.45) is 0.391. The highest BCUT2D eigenvalue weighted by Crippen LogP contribution is 2.37. The first-order valence-electron chi connectivity index (χ1n) is 6.06. The number of thioether (sulfide) groups is 1. The number of aliphatic hydroxyl groups is 1. The van der Waals surface area contributed by atoms with Gasteiger partial charge in [0.2, 0.25) is 0 Å². The molecule has 1 aromatic carbocycles. The fourth-order valence-corrected chi connectivity index (χ4v) is 2.69. The van der Waals surface area contributed by atoms with E-state index < -0.39 is 11.6 Å². The molecule has 1 N–H and O–H groups in total. The van der Waals surface area contributed by atoms with Gasteiger partial charge in [-0.1, -0.05) is 23.7 Å². The zero-order valence-electron chi connectivity index (χ0n) is 10.9. The molecule has 0 fully saturated rings. The second-order valence-electron chi connectivity index (χ2n) is 4.21. The number of nitrogens with zero attached hydrogens (tertiary/aromatic N) is 2. The Morgan fingerprint density at radius 2 is 1.95 bits per heavy atom. The van der Waals surface area contributed by atoms with Crippen LogP contribution in [-0.4, -0.2) is 20.4 Å². The van der Waals surface area contributed by atoms with Crippen molar-refractivity contribution in [2.75, 3.05) is 0 Å². The van der Waals surface area contributed by atoms with Crippen LogP contribution in [0.5, 0.6) is 0 Å². The Bertz CT molecular complexity index is 613. The maximum atomic E-state index is 12.3. The summed E-state index contributed by atoms with van der Waals surface area (Å²) in [7, 11) is 0. The van der Waals surface area contributed by atoms with E-state index >= 15 is 0 Å². The van der Waals surface area contributed by atoms with Crippen LogP contribution in [0.2, 0.25) is 5.02 Å². The predicted molar refractivity (Wildman–Crippen MR) is 75.3 cm³/mol. The summed E-state index contributed by atoms with van der Waals surface area (Å²) in [6.45, 7) is 2.38. The predicted octanol–water partition coefficient (Wildman–Crippen LogP) is 4.25. The van der Waals surface area contributed by atoms with Gasteiger partial charge >= 0.3 is 5.51 Å². The van der Waals surface area contributed by atoms with Crippen LogP contribution in [-0.2, 0) is 6.54 Å². The van der Waals surface area contributed by atoms with E-state index in [1.54, 1.807) is 4.68 Å². The van der Waals surface area contributed by atoms with Gasteiger partial charge in [-0.25, -0.2) is 0 Å². The van der Waals surface area contributed by atoms with Crippen molar-refractivity contribution in [1.29, 1.82) is 0 Å². The van der Waals surface area contributed by atoms with E-state index in [1.807, 2.05) is 6.92 Å². The van der Waals surface area contributed by atoms with Crippen molar-refractivity contribution >= 4 is 23.4 Å². The smallest absolute Gasteiger partial charge is 0.382 e. The second-order valence-corrected chi connectivity index (χ2v) is 5.76. The van der Waals surface area contributed by atoms with Crippen molar-refractivity contribution < 1.29 is 18.3 Å². The molecule has 1 atom stereocenters. The summed E-state index contributed by atoms with van der Waals surface area (Å²) >= 11 is 5.79. The Balaban J connectivity index is 2.24. The number of aliphatic hydroxyl groups excluding tert-OH is 1. The van der Waals surface area contributed by atoms with Gasteiger partial charge in [0.15, 0.2) is 0 Å². The van der Waals surface area contributed by atoms with Crippen molar-refractivity contribution in [1.82, 2.24) is 9.78 Å². The van der Waals surface area contributed by atoms with Gasteiger partial charge < -0.3 is 5.11 Å². The van der Waals surface area contributed by atoms with Crippen LogP contribution in [0.1, 0.15) is 24.3 Å². The summed E-state index contributed by atoms with van der Waals surface area (Å²) in [5.74, 6) is 0. The monoisotopic (exact) mass is 336 g/mol. The van der Waals surface area contributed by atoms with Crippen LogP contribution in [0, 0.1) is 0 Å². The Morgan fingerprint density at radius 3 is 2.48 bits per heavy atom. The molecule has 21 heavy (non-hydrogen) atoms. The number of hydrogen-bond acceptors (Lipinski definition) is 3. The third-order valence-corrected chi connectivity index (χ3v) is 3.85. The first kappa shape index (κ1) is 16.2. The molecule has 0 saturated carbocycles. The summed E-state index contributed by atoms with van der Waals surface area (Å²) in [5.41, 5.74) is -3.45. The van der Waals surface area contributed by atoms with Crippen LogP contribution < -0.4 is 0 Å². The molecule has 114 valence electrons. The molecule has 0 aliphatic rings. The number of aryl methyl sites for hydroxylation is 1. The van der Waals surface area contributed by atoms with E-state index in [2.05, 4.69) is 5.10 Å². The molecule has 1 unspecified atom stereocenters. The lowest BCUT2D eigenvalue weighted by Gasteiger charge is -2.14. The van der Waals surface area contributed by atoms with Crippen molar-refractivity contribution in [3.05, 3.63) is 46.7 Å². The van der Waals surface area contributed by atoms with Gasteiger partial charge in [-0.05, 0) is 36.4 Å². The van der Waals surface area contributed by atoms with E-state index in [-0.39, 0.29) is 16.7 Å². The normalized spacial score (nSPS) is 13.4. The fourth-order valence-electron chi connectivity index (χ4n) is 1.91. The summed E-state index contributed by atoms with van der Waals surface area (Å²) in [6, 6.07) is 5.53. The molecule has 0 aliphatic heterocycles. The van der Waals surface area contributed by atoms with Crippen molar-refractivity contribution in [2.24, 2.45) is 0 Å². The van der Waals surface area contributed by atoms with E-state index in [0.717, 1.165) is 0 Å². The maximum Gasteiger partial charge on any atom is 0.446 e. The average molecular weight is 337 g/mol. The van der Waals surface area contributed by atoms with Gasteiger partial charge in [-0.15, -0.1) is 0 Å². The molecule has 2 rings (SSSR count). The number of hydrogen-bond donors (Lipinski definition) is 1. The highest BCUT2D eigenvalue weighted by molar-refractivity contribution is 8.00. The first-order chi connectivity index (χ1) is 9.81. The van der Waals surface area contributed by atoms with Crippen LogP contribution in [0.4, 0.5) is 13.2 Å². The number of halogens is 4. The first-order valence-corrected chi connectivity index (χ1v) is 7.26. The Kier molecular flexibility index (Phi) is 4.85. The standard InChI is InChI=1S/C13H12ClF3N2OS/c1-2-19-11(10(14)7-18-19)12(20)8-3-5-9(6-4-8)21-13(15,16)17/h3-7,12,20H,2H2,1H3. The Labute approximate surface area is 128 Å². The molecule has 0 radical (unpaired) electrons. The summed E-state index contributed by atoms with van der Waals surface area (Å²) < 4.78 is 38.3. The number of rotatable bonds is 4. The highest BCUT2D eigenvalue weighted by Gasteiger charge is 2.29. The molecule has 1 aromatic heterocycles. The van der Waals surface area contributed by atoms with E-state index in [9.17, 15) is 18.3 Å². The molecular formula is C13H12ClF3N2OS. The van der Waals surface area contributed by atoms with Gasteiger partial charge in [0.25, 0.3) is 0 Å². The molecule has 0 amide bonds. The van der Waals surface area contributed by atoms with Gasteiger partial charge in [-0.2, -0.15) is 18.3 Å². The minimum atomic E-state index is -4.33. The minimum absolute atomic E-state index is 0.0635. The molecule has 0 bridgehead atoms. The lowest BCUT2D eigenvalue weighted by molar-refractivity contribution is -0.0328. The second kappa shape index (κ2) is 6.29. The Hall–Kier alpha value is -1.18. The minimum Gasteiger partial charge on any atom is -0.382 e. The number of benzene rings is 1. The van der Waals surface area contributed by atoms with E-state index in [4.69, 9.17) is 11.6 Å². The van der Waals surface area contributed by atoms with Crippen LogP contribution in [0.25, 0.3) is 0 Å². The summed E-state index contributed by atoms with van der Waals surface area (Å²) in [5, 5.41) is 14.7. The SMILES string of the molecule is CCn1ncc(Cl)c1C(O)c1ccc(SC(F)(F)F)cc1. The molecule has 2 aromatic rings.